The molecule has 7 heavy (non-hydrogen) atoms. The van der Waals surface area contributed by atoms with E-state index in [2.05, 4.69) is 0 Å². The van der Waals surface area contributed by atoms with Crippen LogP contribution in [0.25, 0.3) is 0 Å². The van der Waals surface area contributed by atoms with E-state index in [-0.39, 0.29) is 0 Å². The molecule has 0 bridgehead atoms. The number of carbonyl (C=O) groups is 1. The number of halogens is 2. The summed E-state index contributed by atoms with van der Waals surface area (Å²) in [5, 5.41) is 8.00. The van der Waals surface area contributed by atoms with Gasteiger partial charge in [-0.15, -0.1) is 0 Å². The summed E-state index contributed by atoms with van der Waals surface area (Å²) in [4.78, 5) is 9.72. The average Bonchev–Trinajstić information content (AvgIpc) is 1.27. The summed E-state index contributed by atoms with van der Waals surface area (Å²) in [6, 6.07) is 0. The van der Waals surface area contributed by atoms with Gasteiger partial charge in [-0.2, -0.15) is 0 Å². The molecule has 0 spiro atoms. The van der Waals surface area contributed by atoms with Crippen molar-refractivity contribution in [3.8, 4) is 0 Å². The lowest BCUT2D eigenvalue weighted by Crippen LogP contribution is -1.84. The minimum absolute atomic E-state index is 0.753. The minimum atomic E-state index is -0.890. The maximum atomic E-state index is 9.72. The fraction of sp³-hybridized carbons (Fsp3) is 0. The molecule has 0 radical (unpaired) electrons. The molecule has 0 saturated heterocycles. The molecule has 0 rings (SSSR count). The molecule has 0 aliphatic rings. The highest BCUT2D eigenvalue weighted by Crippen LogP contribution is 2.13. The monoisotopic (exact) mass is 324 g/mol. The highest BCUT2D eigenvalue weighted by molar-refractivity contribution is 14.2. The number of hydrogen-bond donors (Lipinski definition) is 1. The molecule has 0 saturated carbocycles. The molecule has 0 heterocycles. The van der Waals surface area contributed by atoms with Gasteiger partial charge in [0.1, 0.15) is 0 Å². The molecule has 4 heteroatoms. The van der Waals surface area contributed by atoms with Gasteiger partial charge in [0, 0.05) is 6.08 Å². The lowest BCUT2D eigenvalue weighted by molar-refractivity contribution is -0.131. The van der Waals surface area contributed by atoms with E-state index in [1.54, 1.807) is 0 Å². The second kappa shape index (κ2) is 3.65. The zero-order chi connectivity index (χ0) is 5.86. The Morgan fingerprint density at radius 2 is 2.00 bits per heavy atom. The maximum absolute atomic E-state index is 9.72. The van der Waals surface area contributed by atoms with Gasteiger partial charge in [0.05, 0.1) is 1.59 Å². The standard InChI is InChI=1S/C3H2I2O2/c4-2(5)1-3(6)7/h1H,(H,6,7). The van der Waals surface area contributed by atoms with E-state index in [1.807, 2.05) is 45.2 Å². The maximum Gasteiger partial charge on any atom is 0.329 e. The summed E-state index contributed by atoms with van der Waals surface area (Å²) >= 11 is 3.85. The summed E-state index contributed by atoms with van der Waals surface area (Å²) in [5.74, 6) is -0.890. The van der Waals surface area contributed by atoms with Gasteiger partial charge in [0.25, 0.3) is 0 Å². The topological polar surface area (TPSA) is 37.3 Å². The fourth-order valence-electron chi connectivity index (χ4n) is 0.0933. The van der Waals surface area contributed by atoms with Crippen molar-refractivity contribution in [2.24, 2.45) is 0 Å². The van der Waals surface area contributed by atoms with E-state index in [0.29, 0.717) is 0 Å². The van der Waals surface area contributed by atoms with Gasteiger partial charge in [-0.25, -0.2) is 4.79 Å². The van der Waals surface area contributed by atoms with E-state index in [0.717, 1.165) is 7.66 Å². The van der Waals surface area contributed by atoms with Crippen LogP contribution in [0.1, 0.15) is 0 Å². The second-order valence-electron chi connectivity index (χ2n) is 0.772. The molecular weight excluding hydrogens is 322 g/mol. The minimum Gasteiger partial charge on any atom is -0.478 e. The molecule has 2 nitrogen and oxygen atoms in total. The van der Waals surface area contributed by atoms with Gasteiger partial charge in [0.15, 0.2) is 0 Å². The molecule has 0 aromatic rings. The molecule has 0 aliphatic heterocycles. The van der Waals surface area contributed by atoms with Gasteiger partial charge in [-0.3, -0.25) is 0 Å². The van der Waals surface area contributed by atoms with Gasteiger partial charge < -0.3 is 5.11 Å². The Morgan fingerprint density at radius 1 is 1.57 bits per heavy atom. The Hall–Kier alpha value is 0.670. The Morgan fingerprint density at radius 3 is 2.00 bits per heavy atom. The van der Waals surface area contributed by atoms with E-state index >= 15 is 0 Å². The SMILES string of the molecule is O=C(O)C=C(I)I. The molecule has 0 aliphatic carbocycles. The molecule has 0 aromatic carbocycles. The molecule has 0 amide bonds. The summed E-state index contributed by atoms with van der Waals surface area (Å²) < 4.78 is 0.753. The third-order valence-electron chi connectivity index (χ3n) is 0.233. The molecule has 0 aromatic heterocycles. The van der Waals surface area contributed by atoms with E-state index in [4.69, 9.17) is 5.11 Å². The van der Waals surface area contributed by atoms with Gasteiger partial charge in [-0.05, 0) is 45.2 Å². The largest absolute Gasteiger partial charge is 0.478 e. The summed E-state index contributed by atoms with van der Waals surface area (Å²) in [6.45, 7) is 0. The van der Waals surface area contributed by atoms with Crippen molar-refractivity contribution < 1.29 is 9.90 Å². The number of rotatable bonds is 1. The smallest absolute Gasteiger partial charge is 0.329 e. The highest BCUT2D eigenvalue weighted by Gasteiger charge is 1.86. The molecule has 1 N–H and O–H groups in total. The third-order valence-corrected chi connectivity index (χ3v) is 0.855. The van der Waals surface area contributed by atoms with Crippen molar-refractivity contribution in [3.63, 3.8) is 0 Å². The number of hydrogen-bond acceptors (Lipinski definition) is 1. The molecule has 0 fully saturated rings. The van der Waals surface area contributed by atoms with Crippen molar-refractivity contribution in [1.82, 2.24) is 0 Å². The number of carboxylic acids is 1. The molecule has 40 valence electrons. The van der Waals surface area contributed by atoms with Crippen LogP contribution in [0.5, 0.6) is 0 Å². The van der Waals surface area contributed by atoms with Crippen LogP contribution in [0, 0.1) is 0 Å². The molecule has 0 unspecified atom stereocenters. The molecular formula is C3H2I2O2. The van der Waals surface area contributed by atoms with E-state index in [1.165, 1.54) is 0 Å². The second-order valence-corrected chi connectivity index (χ2v) is 5.16. The summed E-state index contributed by atoms with van der Waals surface area (Å²) in [6.07, 6.45) is 1.14. The van der Waals surface area contributed by atoms with Gasteiger partial charge in [0.2, 0.25) is 0 Å². The van der Waals surface area contributed by atoms with Crippen LogP contribution < -0.4 is 0 Å². The number of aliphatic carboxylic acids is 1. The Kier molecular flexibility index (Phi) is 3.99. The van der Waals surface area contributed by atoms with Crippen LogP contribution >= 0.6 is 45.2 Å². The fourth-order valence-corrected chi connectivity index (χ4v) is 0.626. The predicted molar refractivity (Wildman–Crippen MR) is 43.8 cm³/mol. The van der Waals surface area contributed by atoms with Gasteiger partial charge >= 0.3 is 5.97 Å². The van der Waals surface area contributed by atoms with Crippen LogP contribution in [0.2, 0.25) is 0 Å². The van der Waals surface area contributed by atoms with Crippen LogP contribution in [0.4, 0.5) is 0 Å². The normalized spacial score (nSPS) is 7.71. The van der Waals surface area contributed by atoms with Crippen LogP contribution in [-0.2, 0) is 4.79 Å². The summed E-state index contributed by atoms with van der Waals surface area (Å²) in [7, 11) is 0. The van der Waals surface area contributed by atoms with Gasteiger partial charge in [-0.1, -0.05) is 0 Å². The Bertz CT molecular complexity index is 104. The average molecular weight is 324 g/mol. The third kappa shape index (κ3) is 6.67. The van der Waals surface area contributed by atoms with Crippen LogP contribution in [0.15, 0.2) is 7.66 Å². The van der Waals surface area contributed by atoms with Crippen molar-refractivity contribution in [3.05, 3.63) is 7.66 Å². The Labute approximate surface area is 68.3 Å². The van der Waals surface area contributed by atoms with Crippen molar-refractivity contribution in [1.29, 1.82) is 0 Å². The lowest BCUT2D eigenvalue weighted by Gasteiger charge is -1.75. The molecule has 0 atom stereocenters. The first-order chi connectivity index (χ1) is 3.13. The first-order valence-corrected chi connectivity index (χ1v) is 3.54. The van der Waals surface area contributed by atoms with Crippen LogP contribution in [0.3, 0.4) is 0 Å². The highest BCUT2D eigenvalue weighted by atomic mass is 127. The van der Waals surface area contributed by atoms with E-state index in [9.17, 15) is 4.79 Å². The summed E-state index contributed by atoms with van der Waals surface area (Å²) in [5.41, 5.74) is 0. The first-order valence-electron chi connectivity index (χ1n) is 1.38. The van der Waals surface area contributed by atoms with Crippen molar-refractivity contribution in [2.75, 3.05) is 0 Å². The predicted octanol–water partition coefficient (Wildman–Crippen LogP) is 1.78. The first kappa shape index (κ1) is 7.67. The zero-order valence-corrected chi connectivity index (χ0v) is 7.50. The zero-order valence-electron chi connectivity index (χ0n) is 3.19. The number of carboxylic acid groups (broad SMARTS) is 1. The lowest BCUT2D eigenvalue weighted by atomic mass is 10.7. The van der Waals surface area contributed by atoms with E-state index < -0.39 is 5.97 Å². The van der Waals surface area contributed by atoms with Crippen molar-refractivity contribution in [2.45, 2.75) is 0 Å². The van der Waals surface area contributed by atoms with Crippen molar-refractivity contribution >= 4 is 51.2 Å². The Balaban J connectivity index is 3.68. The van der Waals surface area contributed by atoms with Crippen LogP contribution in [-0.4, -0.2) is 11.1 Å². The quantitative estimate of drug-likeness (QED) is 0.590.